The van der Waals surface area contributed by atoms with E-state index in [0.29, 0.717) is 13.1 Å². The highest BCUT2D eigenvalue weighted by Crippen LogP contribution is 2.27. The topological polar surface area (TPSA) is 69.7 Å². The van der Waals surface area contributed by atoms with Gasteiger partial charge in [0.15, 0.2) is 0 Å². The van der Waals surface area contributed by atoms with Gasteiger partial charge in [-0.2, -0.15) is 0 Å². The average Bonchev–Trinajstić information content (AvgIpc) is 2.39. The molecule has 0 aliphatic rings. The molecule has 0 saturated carbocycles. The molecule has 4 nitrogen and oxygen atoms in total. The minimum absolute atomic E-state index is 0.00167. The molecule has 0 amide bonds. The minimum atomic E-state index is -0.0348. The van der Waals surface area contributed by atoms with Crippen LogP contribution < -0.4 is 5.73 Å². The van der Waals surface area contributed by atoms with Crippen LogP contribution in [0.2, 0.25) is 0 Å². The van der Waals surface area contributed by atoms with Gasteiger partial charge in [-0.15, -0.1) is 0 Å². The summed E-state index contributed by atoms with van der Waals surface area (Å²) in [6, 6.07) is 7.99. The second-order valence-electron chi connectivity index (χ2n) is 4.56. The average molecular weight is 331 g/mol. The van der Waals surface area contributed by atoms with Crippen LogP contribution in [-0.2, 0) is 0 Å². The molecule has 2 unspecified atom stereocenters. The van der Waals surface area contributed by atoms with E-state index in [9.17, 15) is 10.2 Å². The molecule has 2 atom stereocenters. The van der Waals surface area contributed by atoms with Crippen molar-refractivity contribution in [1.82, 2.24) is 4.90 Å². The van der Waals surface area contributed by atoms with Gasteiger partial charge < -0.3 is 15.9 Å². The fraction of sp³-hybridized carbons (Fsp3) is 0.571. The molecule has 0 aliphatic carbocycles. The van der Waals surface area contributed by atoms with Crippen molar-refractivity contribution in [2.24, 2.45) is 5.73 Å². The molecule has 1 aromatic carbocycles. The van der Waals surface area contributed by atoms with Gasteiger partial charge in [0.1, 0.15) is 0 Å². The predicted molar refractivity (Wildman–Crippen MR) is 80.9 cm³/mol. The van der Waals surface area contributed by atoms with Crippen LogP contribution in [0.5, 0.6) is 0 Å². The van der Waals surface area contributed by atoms with E-state index in [1.807, 2.05) is 36.1 Å². The van der Waals surface area contributed by atoms with Crippen LogP contribution in [0.25, 0.3) is 0 Å². The lowest BCUT2D eigenvalue weighted by molar-refractivity contribution is 0.107. The van der Waals surface area contributed by atoms with Crippen molar-refractivity contribution < 1.29 is 10.2 Å². The van der Waals surface area contributed by atoms with E-state index < -0.39 is 0 Å². The van der Waals surface area contributed by atoms with Crippen LogP contribution >= 0.6 is 15.9 Å². The van der Waals surface area contributed by atoms with Crippen LogP contribution in [0, 0.1) is 0 Å². The van der Waals surface area contributed by atoms with Gasteiger partial charge in [0.2, 0.25) is 0 Å². The van der Waals surface area contributed by atoms with Crippen molar-refractivity contribution in [3.63, 3.8) is 0 Å². The number of rotatable bonds is 8. The zero-order valence-corrected chi connectivity index (χ0v) is 12.9. The van der Waals surface area contributed by atoms with E-state index in [1.165, 1.54) is 0 Å². The molecule has 0 heterocycles. The lowest BCUT2D eigenvalue weighted by Crippen LogP contribution is -2.43. The van der Waals surface area contributed by atoms with Crippen LogP contribution in [0.4, 0.5) is 0 Å². The van der Waals surface area contributed by atoms with Crippen molar-refractivity contribution in [2.45, 2.75) is 25.4 Å². The van der Waals surface area contributed by atoms with Crippen molar-refractivity contribution >= 4 is 15.9 Å². The van der Waals surface area contributed by atoms with Crippen molar-refractivity contribution in [3.05, 3.63) is 34.3 Å². The van der Waals surface area contributed by atoms with Crippen molar-refractivity contribution in [3.8, 4) is 0 Å². The number of hydrogen-bond acceptors (Lipinski definition) is 4. The van der Waals surface area contributed by atoms with Gasteiger partial charge in [0, 0.05) is 23.6 Å². The third-order valence-corrected chi connectivity index (χ3v) is 3.73. The smallest absolute Gasteiger partial charge is 0.0558 e. The Morgan fingerprint density at radius 2 is 1.89 bits per heavy atom. The van der Waals surface area contributed by atoms with E-state index in [0.717, 1.165) is 16.5 Å². The maximum atomic E-state index is 9.19. The molecule has 0 aliphatic heterocycles. The van der Waals surface area contributed by atoms with Gasteiger partial charge in [-0.05, 0) is 24.1 Å². The molecule has 0 aromatic heterocycles. The van der Waals surface area contributed by atoms with Gasteiger partial charge in [0.25, 0.3) is 0 Å². The summed E-state index contributed by atoms with van der Waals surface area (Å²) < 4.78 is 1.01. The molecule has 108 valence electrons. The SMILES string of the molecule is CCC(N)C(c1cccc(Br)c1)N(CCO)CCO. The van der Waals surface area contributed by atoms with Crippen LogP contribution in [-0.4, -0.2) is 47.5 Å². The van der Waals surface area contributed by atoms with Crippen LogP contribution in [0.15, 0.2) is 28.7 Å². The predicted octanol–water partition coefficient (Wildman–Crippen LogP) is 1.51. The highest BCUT2D eigenvalue weighted by atomic mass is 79.9. The fourth-order valence-corrected chi connectivity index (χ4v) is 2.71. The van der Waals surface area contributed by atoms with E-state index >= 15 is 0 Å². The second kappa shape index (κ2) is 8.66. The Morgan fingerprint density at radius 3 is 2.37 bits per heavy atom. The van der Waals surface area contributed by atoms with E-state index in [2.05, 4.69) is 15.9 Å². The van der Waals surface area contributed by atoms with E-state index in [4.69, 9.17) is 5.73 Å². The number of aliphatic hydroxyl groups is 2. The number of halogens is 1. The summed E-state index contributed by atoms with van der Waals surface area (Å²) in [5, 5.41) is 18.4. The third kappa shape index (κ3) is 4.85. The highest BCUT2D eigenvalue weighted by Gasteiger charge is 2.25. The Morgan fingerprint density at radius 1 is 1.26 bits per heavy atom. The third-order valence-electron chi connectivity index (χ3n) is 3.23. The summed E-state index contributed by atoms with van der Waals surface area (Å²) in [5.41, 5.74) is 7.34. The Labute approximate surface area is 123 Å². The van der Waals surface area contributed by atoms with Gasteiger partial charge in [-0.1, -0.05) is 35.0 Å². The van der Waals surface area contributed by atoms with Gasteiger partial charge in [0.05, 0.1) is 19.3 Å². The minimum Gasteiger partial charge on any atom is -0.395 e. The fourth-order valence-electron chi connectivity index (χ4n) is 2.29. The number of hydrogen-bond donors (Lipinski definition) is 3. The molecule has 1 rings (SSSR count). The Hall–Kier alpha value is -0.460. The number of aliphatic hydroxyl groups excluding tert-OH is 2. The summed E-state index contributed by atoms with van der Waals surface area (Å²) in [7, 11) is 0. The van der Waals surface area contributed by atoms with Gasteiger partial charge >= 0.3 is 0 Å². The summed E-state index contributed by atoms with van der Waals surface area (Å²) in [4.78, 5) is 2.04. The number of nitrogens with two attached hydrogens (primary N) is 1. The molecule has 0 bridgehead atoms. The first-order valence-corrected chi connectivity index (χ1v) is 7.40. The van der Waals surface area contributed by atoms with Crippen molar-refractivity contribution in [2.75, 3.05) is 26.3 Å². The maximum Gasteiger partial charge on any atom is 0.0558 e. The summed E-state index contributed by atoms with van der Waals surface area (Å²) in [5.74, 6) is 0. The molecule has 5 heteroatoms. The lowest BCUT2D eigenvalue weighted by atomic mass is 9.96. The van der Waals surface area contributed by atoms with Gasteiger partial charge in [-0.25, -0.2) is 0 Å². The number of benzene rings is 1. The summed E-state index contributed by atoms with van der Waals surface area (Å²) >= 11 is 3.47. The normalized spacial score (nSPS) is 14.6. The second-order valence-corrected chi connectivity index (χ2v) is 5.47. The molecular formula is C14H23BrN2O2. The quantitative estimate of drug-likeness (QED) is 0.675. The van der Waals surface area contributed by atoms with E-state index in [1.54, 1.807) is 0 Å². The summed E-state index contributed by atoms with van der Waals surface area (Å²) in [6.07, 6.45) is 0.838. The monoisotopic (exact) mass is 330 g/mol. The number of nitrogens with zero attached hydrogens (tertiary/aromatic N) is 1. The first-order valence-electron chi connectivity index (χ1n) is 6.60. The molecule has 4 N–H and O–H groups in total. The standard InChI is InChI=1S/C14H23BrN2O2/c1-2-13(16)14(17(6-8-18)7-9-19)11-4-3-5-12(15)10-11/h3-5,10,13-14,18-19H,2,6-9,16H2,1H3. The molecule has 0 fully saturated rings. The zero-order valence-electron chi connectivity index (χ0n) is 11.3. The molecular weight excluding hydrogens is 308 g/mol. The van der Waals surface area contributed by atoms with Gasteiger partial charge in [-0.3, -0.25) is 4.90 Å². The molecule has 19 heavy (non-hydrogen) atoms. The van der Waals surface area contributed by atoms with Crippen LogP contribution in [0.1, 0.15) is 24.9 Å². The zero-order chi connectivity index (χ0) is 14.3. The molecule has 0 radical (unpaired) electrons. The lowest BCUT2D eigenvalue weighted by Gasteiger charge is -2.35. The highest BCUT2D eigenvalue weighted by molar-refractivity contribution is 9.10. The molecule has 1 aromatic rings. The molecule has 0 spiro atoms. The first kappa shape index (κ1) is 16.6. The Balaban J connectivity index is 3.04. The Kier molecular flexibility index (Phi) is 7.56. The molecule has 0 saturated heterocycles. The Bertz CT molecular complexity index is 370. The largest absolute Gasteiger partial charge is 0.395 e. The van der Waals surface area contributed by atoms with Crippen molar-refractivity contribution in [1.29, 1.82) is 0 Å². The maximum absolute atomic E-state index is 9.19. The van der Waals surface area contributed by atoms with Crippen LogP contribution in [0.3, 0.4) is 0 Å². The summed E-state index contributed by atoms with van der Waals surface area (Å²) in [6.45, 7) is 3.17. The van der Waals surface area contributed by atoms with E-state index in [-0.39, 0.29) is 25.3 Å². The first-order chi connectivity index (χ1) is 9.13.